The summed E-state index contributed by atoms with van der Waals surface area (Å²) < 4.78 is 16.2. The van der Waals surface area contributed by atoms with Crippen LogP contribution in [0.1, 0.15) is 11.3 Å². The molecular weight excluding hydrogens is 360 g/mol. The molecule has 2 heterocycles. The van der Waals surface area contributed by atoms with Crippen LogP contribution < -0.4 is 19.7 Å². The minimum Gasteiger partial charge on any atom is -0.497 e. The zero-order valence-electron chi connectivity index (χ0n) is 16.2. The molecule has 8 heteroatoms. The number of H-pyrrole nitrogens is 1. The van der Waals surface area contributed by atoms with Gasteiger partial charge in [0.2, 0.25) is 5.91 Å². The van der Waals surface area contributed by atoms with E-state index >= 15 is 0 Å². The fraction of sp³-hybridized carbons (Fsp3) is 0.400. The predicted octanol–water partition coefficient (Wildman–Crippen LogP) is 1.68. The lowest BCUT2D eigenvalue weighted by Gasteiger charge is -2.32. The van der Waals surface area contributed by atoms with E-state index in [1.807, 2.05) is 24.3 Å². The second kappa shape index (κ2) is 9.27. The zero-order valence-corrected chi connectivity index (χ0v) is 16.2. The van der Waals surface area contributed by atoms with Crippen LogP contribution in [0.2, 0.25) is 0 Å². The summed E-state index contributed by atoms with van der Waals surface area (Å²) in [4.78, 5) is 13.6. The third kappa shape index (κ3) is 5.04. The molecule has 1 aromatic heterocycles. The van der Waals surface area contributed by atoms with E-state index in [9.17, 15) is 4.79 Å². The lowest BCUT2D eigenvalue weighted by atomic mass is 10.1. The number of benzene rings is 1. The number of carbonyl (C=O) groups is 1. The maximum Gasteiger partial charge on any atom is 0.245 e. The second-order valence-electron chi connectivity index (χ2n) is 6.49. The monoisotopic (exact) mass is 386 g/mol. The summed E-state index contributed by atoms with van der Waals surface area (Å²) in [5.74, 6) is 2.16. The summed E-state index contributed by atoms with van der Waals surface area (Å²) in [6.07, 6.45) is 2.51. The number of aromatic nitrogens is 2. The number of ether oxygens (including phenoxy) is 3. The molecule has 0 radical (unpaired) electrons. The maximum atomic E-state index is 11.5. The summed E-state index contributed by atoms with van der Waals surface area (Å²) in [6.45, 7) is 5.24. The highest BCUT2D eigenvalue weighted by molar-refractivity contribution is 5.87. The molecule has 1 amide bonds. The first-order chi connectivity index (χ1) is 13.6. The van der Waals surface area contributed by atoms with Gasteiger partial charge in [0.15, 0.2) is 5.82 Å². The molecule has 0 saturated carbocycles. The van der Waals surface area contributed by atoms with E-state index in [0.29, 0.717) is 13.2 Å². The molecule has 1 unspecified atom stereocenters. The third-order valence-corrected chi connectivity index (χ3v) is 4.59. The van der Waals surface area contributed by atoms with Crippen molar-refractivity contribution in [3.05, 3.63) is 48.2 Å². The van der Waals surface area contributed by atoms with E-state index in [4.69, 9.17) is 14.2 Å². The molecule has 1 aromatic carbocycles. The Hall–Kier alpha value is -3.00. The van der Waals surface area contributed by atoms with Crippen molar-refractivity contribution in [3.8, 4) is 11.5 Å². The molecule has 3 rings (SSSR count). The van der Waals surface area contributed by atoms with Crippen molar-refractivity contribution in [3.63, 3.8) is 0 Å². The van der Waals surface area contributed by atoms with Crippen molar-refractivity contribution in [1.82, 2.24) is 15.5 Å². The van der Waals surface area contributed by atoms with Gasteiger partial charge in [-0.15, -0.1) is 0 Å². The maximum absolute atomic E-state index is 11.5. The quantitative estimate of drug-likeness (QED) is 0.671. The molecule has 1 aliphatic heterocycles. The van der Waals surface area contributed by atoms with Crippen LogP contribution in [0.4, 0.5) is 5.82 Å². The van der Waals surface area contributed by atoms with Gasteiger partial charge in [-0.1, -0.05) is 6.58 Å². The van der Waals surface area contributed by atoms with E-state index < -0.39 is 0 Å². The highest BCUT2D eigenvalue weighted by atomic mass is 16.5. The Balaban J connectivity index is 1.60. The van der Waals surface area contributed by atoms with Gasteiger partial charge >= 0.3 is 0 Å². The highest BCUT2D eigenvalue weighted by Gasteiger charge is 2.23. The van der Waals surface area contributed by atoms with Crippen LogP contribution in [0.3, 0.4) is 0 Å². The normalized spacial score (nSPS) is 16.5. The van der Waals surface area contributed by atoms with Gasteiger partial charge in [-0.3, -0.25) is 9.89 Å². The number of morpholine rings is 1. The number of hydrogen-bond donors (Lipinski definition) is 2. The van der Waals surface area contributed by atoms with Gasteiger partial charge in [0.05, 0.1) is 27.4 Å². The number of rotatable bonds is 8. The van der Waals surface area contributed by atoms with Crippen LogP contribution in [-0.4, -0.2) is 56.2 Å². The summed E-state index contributed by atoms with van der Waals surface area (Å²) in [7, 11) is 3.29. The summed E-state index contributed by atoms with van der Waals surface area (Å²) in [5.41, 5.74) is 2.17. The molecule has 2 aromatic rings. The average molecular weight is 386 g/mol. The Kier molecular flexibility index (Phi) is 6.54. The van der Waals surface area contributed by atoms with Gasteiger partial charge in [-0.25, -0.2) is 0 Å². The lowest BCUT2D eigenvalue weighted by Crippen LogP contribution is -2.50. The van der Waals surface area contributed by atoms with Crippen LogP contribution in [0, 0.1) is 0 Å². The molecule has 0 spiro atoms. The first kappa shape index (κ1) is 19.8. The molecule has 0 bridgehead atoms. The lowest BCUT2D eigenvalue weighted by molar-refractivity contribution is -0.121. The molecule has 1 atom stereocenters. The summed E-state index contributed by atoms with van der Waals surface area (Å²) in [6, 6.07) is 7.91. The van der Waals surface area contributed by atoms with Gasteiger partial charge in [-0.05, 0) is 36.6 Å². The zero-order chi connectivity index (χ0) is 19.9. The van der Waals surface area contributed by atoms with Gasteiger partial charge < -0.3 is 24.4 Å². The number of carbonyl (C=O) groups excluding carboxylic acids is 1. The number of methoxy groups -OCH3 is 2. The van der Waals surface area contributed by atoms with Gasteiger partial charge in [0, 0.05) is 24.4 Å². The summed E-state index contributed by atoms with van der Waals surface area (Å²) >= 11 is 0. The number of hydrogen-bond acceptors (Lipinski definition) is 6. The Morgan fingerprint density at radius 3 is 2.75 bits per heavy atom. The number of nitrogens with zero attached hydrogens (tertiary/aromatic N) is 2. The largest absolute Gasteiger partial charge is 0.497 e. The highest BCUT2D eigenvalue weighted by Crippen LogP contribution is 2.24. The van der Waals surface area contributed by atoms with Crippen molar-refractivity contribution < 1.29 is 19.0 Å². The first-order valence-corrected chi connectivity index (χ1v) is 9.17. The number of anilines is 1. The third-order valence-electron chi connectivity index (χ3n) is 4.59. The molecule has 2 N–H and O–H groups in total. The molecule has 1 fully saturated rings. The van der Waals surface area contributed by atoms with Crippen LogP contribution >= 0.6 is 0 Å². The molecule has 1 saturated heterocycles. The molecule has 28 heavy (non-hydrogen) atoms. The Bertz CT molecular complexity index is 798. The second-order valence-corrected chi connectivity index (χ2v) is 6.49. The summed E-state index contributed by atoms with van der Waals surface area (Å²) in [5, 5.41) is 10.3. The smallest absolute Gasteiger partial charge is 0.245 e. The van der Waals surface area contributed by atoms with E-state index in [1.165, 1.54) is 6.08 Å². The van der Waals surface area contributed by atoms with Crippen molar-refractivity contribution >= 4 is 11.7 Å². The molecule has 8 nitrogen and oxygen atoms in total. The molecular formula is C20H26N4O4. The Morgan fingerprint density at radius 1 is 1.32 bits per heavy atom. The molecule has 1 aliphatic rings. The van der Waals surface area contributed by atoms with Crippen molar-refractivity contribution in [1.29, 1.82) is 0 Å². The van der Waals surface area contributed by atoms with Crippen molar-refractivity contribution in [2.24, 2.45) is 0 Å². The van der Waals surface area contributed by atoms with Gasteiger partial charge in [0.25, 0.3) is 0 Å². The number of aryl methyl sites for hydroxylation is 2. The van der Waals surface area contributed by atoms with E-state index in [-0.39, 0.29) is 12.1 Å². The number of amides is 1. The predicted molar refractivity (Wildman–Crippen MR) is 106 cm³/mol. The topological polar surface area (TPSA) is 88.7 Å². The SMILES string of the molecule is C=CC(=O)NC1CN(c2cc(CCc3cc(OC)cc(OC)c3)[nH]n2)CCO1. The van der Waals surface area contributed by atoms with Crippen molar-refractivity contribution in [2.45, 2.75) is 19.1 Å². The minimum absolute atomic E-state index is 0.247. The van der Waals surface area contributed by atoms with E-state index in [1.54, 1.807) is 14.2 Å². The molecule has 0 aliphatic carbocycles. The van der Waals surface area contributed by atoms with Crippen LogP contribution in [0.25, 0.3) is 0 Å². The minimum atomic E-state index is -0.372. The number of nitrogens with one attached hydrogen (secondary N) is 2. The molecule has 150 valence electrons. The van der Waals surface area contributed by atoms with Crippen LogP contribution in [-0.2, 0) is 22.4 Å². The average Bonchev–Trinajstić information content (AvgIpc) is 3.21. The van der Waals surface area contributed by atoms with Crippen LogP contribution in [0.5, 0.6) is 11.5 Å². The van der Waals surface area contributed by atoms with Crippen molar-refractivity contribution in [2.75, 3.05) is 38.8 Å². The number of aromatic amines is 1. The fourth-order valence-electron chi connectivity index (χ4n) is 3.09. The van der Waals surface area contributed by atoms with Gasteiger partial charge in [-0.2, -0.15) is 5.10 Å². The fourth-order valence-corrected chi connectivity index (χ4v) is 3.09. The van der Waals surface area contributed by atoms with Crippen LogP contribution in [0.15, 0.2) is 36.9 Å². The Labute approximate surface area is 164 Å². The van der Waals surface area contributed by atoms with Gasteiger partial charge in [0.1, 0.15) is 17.7 Å². The first-order valence-electron chi connectivity index (χ1n) is 9.17. The van der Waals surface area contributed by atoms with E-state index in [2.05, 4.69) is 27.0 Å². The van der Waals surface area contributed by atoms with E-state index in [0.717, 1.165) is 48.0 Å². The Morgan fingerprint density at radius 2 is 2.07 bits per heavy atom. The standard InChI is InChI=1S/C20H26N4O4/c1-4-19(25)21-20-13-24(7-8-28-20)18-11-15(22-23-18)6-5-14-9-16(26-2)12-17(10-14)27-3/h4,9-12,20H,1,5-8,13H2,2-3H3,(H,21,25)(H,22,23).